The van der Waals surface area contributed by atoms with Crippen molar-refractivity contribution in [3.05, 3.63) is 65.9 Å². The first-order chi connectivity index (χ1) is 13.2. The molecule has 136 valence electrons. The lowest BCUT2D eigenvalue weighted by atomic mass is 9.99. The molecule has 0 bridgehead atoms. The van der Waals surface area contributed by atoms with Gasteiger partial charge in [-0.1, -0.05) is 30.1 Å². The van der Waals surface area contributed by atoms with E-state index in [-0.39, 0.29) is 11.8 Å². The number of pyridine rings is 1. The number of aromatic nitrogens is 1. The molecule has 3 aromatic rings. The maximum Gasteiger partial charge on any atom is 0.261 e. The minimum atomic E-state index is -0.112. The fourth-order valence-electron chi connectivity index (χ4n) is 3.17. The van der Waals surface area contributed by atoms with E-state index in [0.29, 0.717) is 11.1 Å². The highest BCUT2D eigenvalue weighted by Crippen LogP contribution is 2.27. The van der Waals surface area contributed by atoms with E-state index in [1.54, 1.807) is 24.4 Å². The summed E-state index contributed by atoms with van der Waals surface area (Å²) in [7, 11) is 0. The Bertz CT molecular complexity index is 1010. The summed E-state index contributed by atoms with van der Waals surface area (Å²) in [6.45, 7) is 1.64. The molecule has 0 atom stereocenters. The average molecular weight is 377 g/mol. The Hall–Kier alpha value is -2.86. The number of nitrogens with one attached hydrogen (secondary N) is 1. The average Bonchev–Trinajstić information content (AvgIpc) is 2.66. The van der Waals surface area contributed by atoms with Gasteiger partial charge in [-0.15, -0.1) is 0 Å². The third-order valence-corrected chi connectivity index (χ3v) is 5.18. The van der Waals surface area contributed by atoms with E-state index in [0.717, 1.165) is 41.5 Å². The summed E-state index contributed by atoms with van der Waals surface area (Å²) in [5.41, 5.74) is 4.09. The highest BCUT2D eigenvalue weighted by Gasteiger charge is 2.23. The van der Waals surface area contributed by atoms with Gasteiger partial charge in [0, 0.05) is 36.5 Å². The van der Waals surface area contributed by atoms with Crippen LogP contribution in [0.3, 0.4) is 0 Å². The van der Waals surface area contributed by atoms with Crippen LogP contribution in [0.1, 0.15) is 27.1 Å². The second-order valence-electron chi connectivity index (χ2n) is 6.45. The van der Waals surface area contributed by atoms with Crippen LogP contribution in [0.2, 0.25) is 0 Å². The van der Waals surface area contributed by atoms with Crippen LogP contribution in [0, 0.1) is 0 Å². The van der Waals surface area contributed by atoms with Gasteiger partial charge in [-0.05, 0) is 47.9 Å². The Morgan fingerprint density at radius 1 is 1.04 bits per heavy atom. The predicted molar refractivity (Wildman–Crippen MR) is 109 cm³/mol. The van der Waals surface area contributed by atoms with Crippen molar-refractivity contribution in [3.63, 3.8) is 0 Å². The molecule has 1 aliphatic heterocycles. The van der Waals surface area contributed by atoms with E-state index < -0.39 is 0 Å². The zero-order chi connectivity index (χ0) is 18.8. The van der Waals surface area contributed by atoms with Crippen LogP contribution in [0.15, 0.2) is 54.7 Å². The molecule has 1 saturated heterocycles. The summed E-state index contributed by atoms with van der Waals surface area (Å²) in [5, 5.41) is 0.858. The van der Waals surface area contributed by atoms with Gasteiger partial charge in [-0.25, -0.2) is 0 Å². The summed E-state index contributed by atoms with van der Waals surface area (Å²) in [6.07, 6.45) is 4.57. The molecule has 0 radical (unpaired) electrons. The van der Waals surface area contributed by atoms with Crippen LogP contribution in [-0.2, 0) is 0 Å². The zero-order valence-corrected chi connectivity index (χ0v) is 15.8. The molecule has 0 saturated carbocycles. The minimum Gasteiger partial charge on any atom is -0.338 e. The standard InChI is InChI=1S/C21H19N3O2S/c1-27-23-20(25)15-5-3-14(4-6-15)16-7-8-19-18(13-16)17(9-10-22-19)21(26)24-11-2-12-24/h3-10,13H,2,11-12H2,1H3,(H,23,25). The molecule has 27 heavy (non-hydrogen) atoms. The van der Waals surface area contributed by atoms with Crippen molar-refractivity contribution in [1.82, 2.24) is 14.6 Å². The van der Waals surface area contributed by atoms with Crippen LogP contribution in [0.25, 0.3) is 22.0 Å². The van der Waals surface area contributed by atoms with Crippen LogP contribution in [0.5, 0.6) is 0 Å². The van der Waals surface area contributed by atoms with Crippen molar-refractivity contribution in [2.75, 3.05) is 19.3 Å². The molecule has 4 rings (SSSR count). The Kier molecular flexibility index (Phi) is 4.81. The largest absolute Gasteiger partial charge is 0.338 e. The number of benzene rings is 2. The molecule has 1 N–H and O–H groups in total. The van der Waals surface area contributed by atoms with E-state index in [4.69, 9.17) is 0 Å². The SMILES string of the molecule is CSNC(=O)c1ccc(-c2ccc3nccc(C(=O)N4CCC4)c3c2)cc1. The minimum absolute atomic E-state index is 0.0647. The monoisotopic (exact) mass is 377 g/mol. The number of hydrogen-bond donors (Lipinski definition) is 1. The molecule has 1 aromatic heterocycles. The smallest absolute Gasteiger partial charge is 0.261 e. The van der Waals surface area contributed by atoms with Crippen molar-refractivity contribution in [2.45, 2.75) is 6.42 Å². The lowest BCUT2D eigenvalue weighted by molar-refractivity contribution is 0.0653. The van der Waals surface area contributed by atoms with Gasteiger partial charge in [0.2, 0.25) is 0 Å². The normalized spacial score (nSPS) is 13.3. The zero-order valence-electron chi connectivity index (χ0n) is 14.9. The number of rotatable bonds is 4. The number of amides is 2. The third kappa shape index (κ3) is 3.40. The molecular weight excluding hydrogens is 358 g/mol. The Morgan fingerprint density at radius 3 is 2.44 bits per heavy atom. The van der Waals surface area contributed by atoms with Crippen molar-refractivity contribution in [1.29, 1.82) is 0 Å². The molecule has 1 aliphatic rings. The summed E-state index contributed by atoms with van der Waals surface area (Å²) in [5.74, 6) is -0.0472. The first kappa shape index (κ1) is 17.5. The van der Waals surface area contributed by atoms with Crippen molar-refractivity contribution < 1.29 is 9.59 Å². The summed E-state index contributed by atoms with van der Waals surface area (Å²) in [4.78, 5) is 30.9. The first-order valence-electron chi connectivity index (χ1n) is 8.79. The number of likely N-dealkylation sites (tertiary alicyclic amines) is 1. The lowest BCUT2D eigenvalue weighted by Gasteiger charge is -2.31. The van der Waals surface area contributed by atoms with Gasteiger partial charge in [0.25, 0.3) is 11.8 Å². The van der Waals surface area contributed by atoms with Crippen molar-refractivity contribution in [3.8, 4) is 11.1 Å². The molecule has 0 aliphatic carbocycles. The van der Waals surface area contributed by atoms with E-state index in [1.807, 2.05) is 41.5 Å². The van der Waals surface area contributed by atoms with Crippen LogP contribution < -0.4 is 4.72 Å². The van der Waals surface area contributed by atoms with E-state index in [1.165, 1.54) is 11.9 Å². The van der Waals surface area contributed by atoms with Crippen molar-refractivity contribution >= 4 is 34.7 Å². The number of hydrogen-bond acceptors (Lipinski definition) is 4. The topological polar surface area (TPSA) is 62.3 Å². The Balaban J connectivity index is 1.70. The van der Waals surface area contributed by atoms with Gasteiger partial charge >= 0.3 is 0 Å². The number of carbonyl (C=O) groups excluding carboxylic acids is 2. The highest BCUT2D eigenvalue weighted by atomic mass is 32.2. The van der Waals surface area contributed by atoms with Gasteiger partial charge in [0.1, 0.15) is 0 Å². The maximum atomic E-state index is 12.7. The van der Waals surface area contributed by atoms with Gasteiger partial charge in [-0.3, -0.25) is 19.3 Å². The van der Waals surface area contributed by atoms with Gasteiger partial charge in [-0.2, -0.15) is 0 Å². The molecule has 1 fully saturated rings. The van der Waals surface area contributed by atoms with Crippen LogP contribution in [-0.4, -0.2) is 41.0 Å². The molecule has 0 unspecified atom stereocenters. The Morgan fingerprint density at radius 2 is 1.78 bits per heavy atom. The quantitative estimate of drug-likeness (QED) is 0.704. The summed E-state index contributed by atoms with van der Waals surface area (Å²) < 4.78 is 2.71. The molecular formula is C21H19N3O2S. The molecule has 6 heteroatoms. The fourth-order valence-corrected chi connectivity index (χ4v) is 3.47. The first-order valence-corrected chi connectivity index (χ1v) is 10.0. The van der Waals surface area contributed by atoms with Gasteiger partial charge < -0.3 is 4.90 Å². The second kappa shape index (κ2) is 7.40. The summed E-state index contributed by atoms with van der Waals surface area (Å²) >= 11 is 1.28. The fraction of sp³-hybridized carbons (Fsp3) is 0.190. The Labute approximate surface area is 161 Å². The van der Waals surface area contributed by atoms with Crippen molar-refractivity contribution in [2.24, 2.45) is 0 Å². The van der Waals surface area contributed by atoms with Crippen LogP contribution >= 0.6 is 11.9 Å². The van der Waals surface area contributed by atoms with Crippen LogP contribution in [0.4, 0.5) is 0 Å². The number of nitrogens with zero attached hydrogens (tertiary/aromatic N) is 2. The molecule has 2 amide bonds. The third-order valence-electron chi connectivity index (χ3n) is 4.79. The second-order valence-corrected chi connectivity index (χ2v) is 7.06. The summed E-state index contributed by atoms with van der Waals surface area (Å²) in [6, 6.07) is 15.2. The number of carbonyl (C=O) groups is 2. The van der Waals surface area contributed by atoms with Gasteiger partial charge in [0.05, 0.1) is 11.1 Å². The molecule has 5 nitrogen and oxygen atoms in total. The van der Waals surface area contributed by atoms with Gasteiger partial charge in [0.15, 0.2) is 0 Å². The molecule has 0 spiro atoms. The molecule has 2 heterocycles. The van der Waals surface area contributed by atoms with E-state index >= 15 is 0 Å². The highest BCUT2D eigenvalue weighted by molar-refractivity contribution is 7.97. The number of fused-ring (bicyclic) bond motifs is 1. The lowest BCUT2D eigenvalue weighted by Crippen LogP contribution is -2.42. The van der Waals surface area contributed by atoms with E-state index in [2.05, 4.69) is 9.71 Å². The molecule has 2 aromatic carbocycles. The predicted octanol–water partition coefficient (Wildman–Crippen LogP) is 3.76. The van der Waals surface area contributed by atoms with E-state index in [9.17, 15) is 9.59 Å². The maximum absolute atomic E-state index is 12.7.